The molecule has 1 aromatic heterocycles. The fourth-order valence-electron chi connectivity index (χ4n) is 2.24. The van der Waals surface area contributed by atoms with Gasteiger partial charge < -0.3 is 4.74 Å². The summed E-state index contributed by atoms with van der Waals surface area (Å²) in [7, 11) is -2.89. The van der Waals surface area contributed by atoms with Crippen LogP contribution in [0.15, 0.2) is 24.3 Å². The third kappa shape index (κ3) is 3.99. The van der Waals surface area contributed by atoms with Crippen molar-refractivity contribution in [2.45, 2.75) is 18.3 Å². The Labute approximate surface area is 137 Å². The number of esters is 1. The number of nitrogens with zero attached hydrogens (tertiary/aromatic N) is 1. The highest BCUT2D eigenvalue weighted by Gasteiger charge is 2.28. The molecule has 0 bridgehead atoms. The molecule has 118 valence electrons. The van der Waals surface area contributed by atoms with Crippen LogP contribution in [0.5, 0.6) is 0 Å². The van der Waals surface area contributed by atoms with E-state index >= 15 is 0 Å². The Hall–Kier alpha value is -1.12. The van der Waals surface area contributed by atoms with E-state index in [9.17, 15) is 13.2 Å². The predicted octanol–water partition coefficient (Wildman–Crippen LogP) is 2.26. The quantitative estimate of drug-likeness (QED) is 0.764. The molecule has 22 heavy (non-hydrogen) atoms. The first kappa shape index (κ1) is 15.8. The van der Waals surface area contributed by atoms with Gasteiger partial charge in [-0.05, 0) is 18.6 Å². The lowest BCUT2D eigenvalue weighted by molar-refractivity contribution is -0.141. The zero-order valence-electron chi connectivity index (χ0n) is 11.7. The summed E-state index contributed by atoms with van der Waals surface area (Å²) in [6, 6.07) is 7.77. The van der Waals surface area contributed by atoms with E-state index in [2.05, 4.69) is 4.98 Å². The van der Waals surface area contributed by atoms with Gasteiger partial charge in [0.1, 0.15) is 11.6 Å². The minimum Gasteiger partial charge on any atom is -0.458 e. The maximum atomic E-state index is 11.7. The zero-order chi connectivity index (χ0) is 15.6. The van der Waals surface area contributed by atoms with Gasteiger partial charge in [-0.2, -0.15) is 0 Å². The molecule has 2 heterocycles. The van der Waals surface area contributed by atoms with Gasteiger partial charge in [0.2, 0.25) is 0 Å². The van der Waals surface area contributed by atoms with Gasteiger partial charge in [0.15, 0.2) is 9.84 Å². The SMILES string of the molecule is O=C(CS[C@H]1CCS(=O)(=O)C1)OCc1nc2ccccc2s1. The third-order valence-electron chi connectivity index (χ3n) is 3.32. The fourth-order valence-corrected chi connectivity index (χ4v) is 6.56. The molecule has 0 amide bonds. The standard InChI is InChI=1S/C14H15NO4S3/c16-14(8-20-10-5-6-22(17,18)9-10)19-7-13-15-11-3-1-2-4-12(11)21-13/h1-4,10H,5-9H2/t10-/m0/s1. The van der Waals surface area contributed by atoms with Crippen molar-refractivity contribution in [3.63, 3.8) is 0 Å². The van der Waals surface area contributed by atoms with Crippen molar-refractivity contribution in [1.29, 1.82) is 0 Å². The average Bonchev–Trinajstić information content (AvgIpc) is 3.05. The average molecular weight is 357 g/mol. The van der Waals surface area contributed by atoms with Crippen molar-refractivity contribution in [3.8, 4) is 0 Å². The van der Waals surface area contributed by atoms with Crippen molar-refractivity contribution in [2.75, 3.05) is 17.3 Å². The van der Waals surface area contributed by atoms with E-state index in [1.165, 1.54) is 23.1 Å². The molecule has 1 aliphatic rings. The van der Waals surface area contributed by atoms with E-state index in [0.29, 0.717) is 6.42 Å². The molecule has 3 rings (SSSR count). The Kier molecular flexibility index (Phi) is 4.70. The van der Waals surface area contributed by atoms with E-state index in [4.69, 9.17) is 4.74 Å². The largest absolute Gasteiger partial charge is 0.458 e. The molecule has 1 saturated heterocycles. The Morgan fingerprint density at radius 3 is 2.95 bits per heavy atom. The van der Waals surface area contributed by atoms with Gasteiger partial charge in [-0.15, -0.1) is 23.1 Å². The monoisotopic (exact) mass is 357 g/mol. The zero-order valence-corrected chi connectivity index (χ0v) is 14.2. The van der Waals surface area contributed by atoms with Crippen LogP contribution in [0.1, 0.15) is 11.4 Å². The molecule has 0 radical (unpaired) electrons. The number of hydrogen-bond donors (Lipinski definition) is 0. The number of rotatable bonds is 5. The molecule has 0 spiro atoms. The molecule has 0 unspecified atom stereocenters. The van der Waals surface area contributed by atoms with Crippen LogP contribution in [0.4, 0.5) is 0 Å². The lowest BCUT2D eigenvalue weighted by atomic mass is 10.3. The van der Waals surface area contributed by atoms with E-state index in [0.717, 1.165) is 15.2 Å². The first-order valence-corrected chi connectivity index (χ1v) is 10.5. The second-order valence-electron chi connectivity index (χ2n) is 5.07. The molecule has 1 aliphatic heterocycles. The molecule has 1 fully saturated rings. The Morgan fingerprint density at radius 1 is 1.41 bits per heavy atom. The topological polar surface area (TPSA) is 73.3 Å². The summed E-state index contributed by atoms with van der Waals surface area (Å²) in [6.45, 7) is 0.168. The number of thioether (sulfide) groups is 1. The number of ether oxygens (including phenoxy) is 1. The lowest BCUT2D eigenvalue weighted by Gasteiger charge is -2.06. The molecule has 0 saturated carbocycles. The number of carbonyl (C=O) groups excluding carboxylic acids is 1. The molecule has 2 aromatic rings. The van der Waals surface area contributed by atoms with Gasteiger partial charge in [0.05, 0.1) is 27.5 Å². The van der Waals surface area contributed by atoms with Gasteiger partial charge in [0.25, 0.3) is 0 Å². The van der Waals surface area contributed by atoms with E-state index in [-0.39, 0.29) is 35.1 Å². The molecule has 0 N–H and O–H groups in total. The number of fused-ring (bicyclic) bond motifs is 1. The van der Waals surface area contributed by atoms with Crippen molar-refractivity contribution in [2.24, 2.45) is 0 Å². The second-order valence-corrected chi connectivity index (χ2v) is 9.70. The molecule has 1 aromatic carbocycles. The summed E-state index contributed by atoms with van der Waals surface area (Å²) in [6.07, 6.45) is 0.623. The predicted molar refractivity (Wildman–Crippen MR) is 88.9 cm³/mol. The van der Waals surface area contributed by atoms with E-state index < -0.39 is 9.84 Å². The number of sulfone groups is 1. The van der Waals surface area contributed by atoms with Gasteiger partial charge in [-0.1, -0.05) is 12.1 Å². The third-order valence-corrected chi connectivity index (χ3v) is 7.59. The molecular weight excluding hydrogens is 342 g/mol. The minimum absolute atomic E-state index is 0.0139. The first-order chi connectivity index (χ1) is 10.5. The summed E-state index contributed by atoms with van der Waals surface area (Å²) >= 11 is 2.87. The van der Waals surface area contributed by atoms with Gasteiger partial charge >= 0.3 is 5.97 Å². The second kappa shape index (κ2) is 6.55. The van der Waals surface area contributed by atoms with E-state index in [1.54, 1.807) is 0 Å². The first-order valence-electron chi connectivity index (χ1n) is 6.84. The van der Waals surface area contributed by atoms with Crippen LogP contribution in [-0.4, -0.2) is 41.9 Å². The number of aromatic nitrogens is 1. The van der Waals surface area contributed by atoms with Gasteiger partial charge in [-0.3, -0.25) is 4.79 Å². The number of para-hydroxylation sites is 1. The van der Waals surface area contributed by atoms with Crippen LogP contribution in [0.3, 0.4) is 0 Å². The lowest BCUT2D eigenvalue weighted by Crippen LogP contribution is -2.12. The molecule has 8 heteroatoms. The van der Waals surface area contributed by atoms with Gasteiger partial charge in [0, 0.05) is 5.25 Å². The normalized spacial score (nSPS) is 20.3. The fraction of sp³-hybridized carbons (Fsp3) is 0.429. The van der Waals surface area contributed by atoms with Gasteiger partial charge in [-0.25, -0.2) is 13.4 Å². The number of hydrogen-bond acceptors (Lipinski definition) is 7. The Bertz CT molecular complexity index is 751. The highest BCUT2D eigenvalue weighted by Crippen LogP contribution is 2.25. The molecule has 0 aliphatic carbocycles. The summed E-state index contributed by atoms with van der Waals surface area (Å²) < 4.78 is 29.0. The van der Waals surface area contributed by atoms with Crippen LogP contribution in [0.25, 0.3) is 10.2 Å². The van der Waals surface area contributed by atoms with E-state index in [1.807, 2.05) is 24.3 Å². The van der Waals surface area contributed by atoms with Crippen LogP contribution in [0.2, 0.25) is 0 Å². The summed E-state index contributed by atoms with van der Waals surface area (Å²) in [5.41, 5.74) is 0.907. The Balaban J connectivity index is 1.46. The van der Waals surface area contributed by atoms with Crippen molar-refractivity contribution >= 4 is 49.1 Å². The Morgan fingerprint density at radius 2 is 2.23 bits per heavy atom. The van der Waals surface area contributed by atoms with Crippen molar-refractivity contribution in [3.05, 3.63) is 29.3 Å². The highest BCUT2D eigenvalue weighted by atomic mass is 32.2. The molecule has 5 nitrogen and oxygen atoms in total. The minimum atomic E-state index is -2.89. The van der Waals surface area contributed by atoms with Crippen molar-refractivity contribution in [1.82, 2.24) is 4.98 Å². The number of carbonyl (C=O) groups is 1. The summed E-state index contributed by atoms with van der Waals surface area (Å²) in [5, 5.41) is 0.781. The summed E-state index contributed by atoms with van der Waals surface area (Å²) in [5.74, 6) is 0.257. The maximum Gasteiger partial charge on any atom is 0.316 e. The highest BCUT2D eigenvalue weighted by molar-refractivity contribution is 8.02. The maximum absolute atomic E-state index is 11.7. The van der Waals surface area contributed by atoms with Crippen LogP contribution in [0, 0.1) is 0 Å². The molecule has 1 atom stereocenters. The number of benzene rings is 1. The van der Waals surface area contributed by atoms with Crippen LogP contribution < -0.4 is 0 Å². The van der Waals surface area contributed by atoms with Crippen LogP contribution in [-0.2, 0) is 26.0 Å². The van der Waals surface area contributed by atoms with Crippen molar-refractivity contribution < 1.29 is 17.9 Å². The summed E-state index contributed by atoms with van der Waals surface area (Å²) in [4.78, 5) is 16.1. The number of thiazole rings is 1. The van der Waals surface area contributed by atoms with Crippen LogP contribution >= 0.6 is 23.1 Å². The smallest absolute Gasteiger partial charge is 0.316 e. The molecular formula is C14H15NO4S3.